The van der Waals surface area contributed by atoms with Gasteiger partial charge in [0, 0.05) is 32.6 Å². The van der Waals surface area contributed by atoms with Crippen LogP contribution in [0.4, 0.5) is 10.5 Å². The van der Waals surface area contributed by atoms with Gasteiger partial charge in [0.1, 0.15) is 17.7 Å². The number of β-amino-alcohol motifs (C(OH)–C–C–N with tert-alkyl or cyclic N) is 1. The second-order valence-corrected chi connectivity index (χ2v) is 8.48. The number of piperazine rings is 1. The number of para-hydroxylation sites is 1. The molecule has 1 N–H and O–H groups in total. The largest absolute Gasteiger partial charge is 0.444 e. The normalized spacial score (nSPS) is 22.4. The van der Waals surface area contributed by atoms with Gasteiger partial charge in [0.25, 0.3) is 0 Å². The third-order valence-corrected chi connectivity index (χ3v) is 5.15. The van der Waals surface area contributed by atoms with Crippen molar-refractivity contribution >= 4 is 17.7 Å². The summed E-state index contributed by atoms with van der Waals surface area (Å²) in [6, 6.07) is 8.92. The number of aliphatic hydroxyl groups is 1. The Kier molecular flexibility index (Phi) is 5.99. The van der Waals surface area contributed by atoms with Gasteiger partial charge in [-0.05, 0) is 32.9 Å². The lowest BCUT2D eigenvalue weighted by Crippen LogP contribution is -2.55. The fraction of sp³-hybridized carbons (Fsp3) is 0.571. The summed E-state index contributed by atoms with van der Waals surface area (Å²) < 4.78 is 5.40. The minimum Gasteiger partial charge on any atom is -0.444 e. The second kappa shape index (κ2) is 8.29. The van der Waals surface area contributed by atoms with Gasteiger partial charge in [-0.3, -0.25) is 9.69 Å². The molecule has 29 heavy (non-hydrogen) atoms. The van der Waals surface area contributed by atoms with E-state index in [1.165, 1.54) is 4.90 Å². The maximum atomic E-state index is 13.1. The van der Waals surface area contributed by atoms with Gasteiger partial charge >= 0.3 is 6.09 Å². The number of hydrogen-bond acceptors (Lipinski definition) is 6. The Balaban J connectivity index is 1.65. The van der Waals surface area contributed by atoms with Crippen LogP contribution in [-0.2, 0) is 9.53 Å². The molecule has 2 heterocycles. The van der Waals surface area contributed by atoms with Gasteiger partial charge in [0.05, 0.1) is 23.9 Å². The van der Waals surface area contributed by atoms with E-state index in [2.05, 4.69) is 11.0 Å². The van der Waals surface area contributed by atoms with E-state index in [-0.39, 0.29) is 18.9 Å². The van der Waals surface area contributed by atoms with Crippen molar-refractivity contribution < 1.29 is 19.4 Å². The lowest BCUT2D eigenvalue weighted by molar-refractivity contribution is -0.136. The van der Waals surface area contributed by atoms with E-state index in [1.807, 2.05) is 18.2 Å². The smallest absolute Gasteiger partial charge is 0.411 e. The van der Waals surface area contributed by atoms with Crippen LogP contribution < -0.4 is 4.90 Å². The number of nitriles is 1. The van der Waals surface area contributed by atoms with Gasteiger partial charge in [-0.25, -0.2) is 4.79 Å². The molecule has 2 fully saturated rings. The SMILES string of the molecule is CC(C)(C)OC(=O)N1CC(O)CC1C(=O)N1CCN(c2ccccc2C#N)CC1. The Hall–Kier alpha value is -2.79. The average Bonchev–Trinajstić information content (AvgIpc) is 3.08. The van der Waals surface area contributed by atoms with E-state index in [9.17, 15) is 20.0 Å². The summed E-state index contributed by atoms with van der Waals surface area (Å²) in [4.78, 5) is 30.7. The van der Waals surface area contributed by atoms with Crippen molar-refractivity contribution in [3.8, 4) is 6.07 Å². The molecule has 8 nitrogen and oxygen atoms in total. The molecule has 2 aliphatic rings. The molecule has 0 aliphatic carbocycles. The number of nitrogens with zero attached hydrogens (tertiary/aromatic N) is 4. The maximum absolute atomic E-state index is 13.1. The molecule has 2 amide bonds. The molecule has 0 spiro atoms. The Bertz CT molecular complexity index is 806. The fourth-order valence-electron chi connectivity index (χ4n) is 3.79. The lowest BCUT2D eigenvalue weighted by Gasteiger charge is -2.38. The highest BCUT2D eigenvalue weighted by Gasteiger charge is 2.43. The number of benzene rings is 1. The number of aliphatic hydroxyl groups excluding tert-OH is 1. The molecule has 3 rings (SSSR count). The summed E-state index contributed by atoms with van der Waals surface area (Å²) in [7, 11) is 0. The van der Waals surface area contributed by atoms with Crippen LogP contribution in [0, 0.1) is 11.3 Å². The van der Waals surface area contributed by atoms with Crippen LogP contribution in [0.3, 0.4) is 0 Å². The van der Waals surface area contributed by atoms with Crippen LogP contribution in [0.5, 0.6) is 0 Å². The van der Waals surface area contributed by atoms with Crippen LogP contribution in [0.15, 0.2) is 24.3 Å². The van der Waals surface area contributed by atoms with Gasteiger partial charge < -0.3 is 19.6 Å². The minimum atomic E-state index is -0.736. The summed E-state index contributed by atoms with van der Waals surface area (Å²) in [6.07, 6.45) is -1.09. The molecule has 0 bridgehead atoms. The Morgan fingerprint density at radius 1 is 1.17 bits per heavy atom. The average molecular weight is 400 g/mol. The van der Waals surface area contributed by atoms with E-state index >= 15 is 0 Å². The molecule has 8 heteroatoms. The van der Waals surface area contributed by atoms with Gasteiger partial charge in [-0.1, -0.05) is 12.1 Å². The van der Waals surface area contributed by atoms with Crippen LogP contribution in [0.2, 0.25) is 0 Å². The van der Waals surface area contributed by atoms with Gasteiger partial charge in [-0.2, -0.15) is 5.26 Å². The van der Waals surface area contributed by atoms with Crippen molar-refractivity contribution in [1.29, 1.82) is 5.26 Å². The van der Waals surface area contributed by atoms with E-state index in [0.29, 0.717) is 31.7 Å². The van der Waals surface area contributed by atoms with Crippen molar-refractivity contribution in [2.24, 2.45) is 0 Å². The number of carbonyl (C=O) groups excluding carboxylic acids is 2. The molecule has 0 radical (unpaired) electrons. The zero-order valence-electron chi connectivity index (χ0n) is 17.2. The van der Waals surface area contributed by atoms with Crippen molar-refractivity contribution in [3.05, 3.63) is 29.8 Å². The molecule has 2 saturated heterocycles. The van der Waals surface area contributed by atoms with Crippen molar-refractivity contribution in [1.82, 2.24) is 9.80 Å². The highest BCUT2D eigenvalue weighted by Crippen LogP contribution is 2.25. The predicted octanol–water partition coefficient (Wildman–Crippen LogP) is 1.58. The second-order valence-electron chi connectivity index (χ2n) is 8.48. The van der Waals surface area contributed by atoms with E-state index in [4.69, 9.17) is 4.74 Å². The highest BCUT2D eigenvalue weighted by molar-refractivity contribution is 5.86. The molecule has 2 unspecified atom stereocenters. The van der Waals surface area contributed by atoms with Crippen LogP contribution in [0.25, 0.3) is 0 Å². The summed E-state index contributed by atoms with van der Waals surface area (Å²) >= 11 is 0. The zero-order chi connectivity index (χ0) is 21.2. The highest BCUT2D eigenvalue weighted by atomic mass is 16.6. The third-order valence-electron chi connectivity index (χ3n) is 5.15. The van der Waals surface area contributed by atoms with Crippen LogP contribution in [0.1, 0.15) is 32.8 Å². The molecular formula is C21H28N4O4. The molecule has 0 saturated carbocycles. The molecule has 156 valence electrons. The first kappa shape index (κ1) is 20.9. The van der Waals surface area contributed by atoms with Crippen LogP contribution in [-0.4, -0.2) is 77.4 Å². The molecular weight excluding hydrogens is 372 g/mol. The third kappa shape index (κ3) is 4.80. The molecule has 2 aliphatic heterocycles. The molecule has 0 aromatic heterocycles. The first-order valence-electron chi connectivity index (χ1n) is 9.90. The van der Waals surface area contributed by atoms with Crippen LogP contribution >= 0.6 is 0 Å². The van der Waals surface area contributed by atoms with Gasteiger partial charge in [-0.15, -0.1) is 0 Å². The number of amides is 2. The summed E-state index contributed by atoms with van der Waals surface area (Å²) in [6.45, 7) is 7.60. The summed E-state index contributed by atoms with van der Waals surface area (Å²) in [5.41, 5.74) is 0.814. The number of likely N-dealkylation sites (tertiary alicyclic amines) is 1. The molecule has 1 aromatic rings. The minimum absolute atomic E-state index is 0.0980. The Morgan fingerprint density at radius 2 is 1.83 bits per heavy atom. The number of carbonyl (C=O) groups is 2. The standard InChI is InChI=1S/C21H28N4O4/c1-21(2,3)29-20(28)25-14-16(26)12-18(25)19(27)24-10-8-23(9-11-24)17-7-5-4-6-15(17)13-22/h4-7,16,18,26H,8-12,14H2,1-3H3. The topological polar surface area (TPSA) is 97.1 Å². The summed E-state index contributed by atoms with van der Waals surface area (Å²) in [5.74, 6) is -0.166. The molecule has 2 atom stereocenters. The number of rotatable bonds is 2. The number of anilines is 1. The monoisotopic (exact) mass is 400 g/mol. The lowest BCUT2D eigenvalue weighted by atomic mass is 10.1. The van der Waals surface area contributed by atoms with Gasteiger partial charge in [0.15, 0.2) is 0 Å². The molecule has 1 aromatic carbocycles. The maximum Gasteiger partial charge on any atom is 0.411 e. The fourth-order valence-corrected chi connectivity index (χ4v) is 3.79. The van der Waals surface area contributed by atoms with Crippen molar-refractivity contribution in [2.45, 2.75) is 44.9 Å². The van der Waals surface area contributed by atoms with Crippen molar-refractivity contribution in [3.63, 3.8) is 0 Å². The first-order chi connectivity index (χ1) is 13.7. The number of ether oxygens (including phenoxy) is 1. The zero-order valence-corrected chi connectivity index (χ0v) is 17.2. The van der Waals surface area contributed by atoms with Gasteiger partial charge in [0.2, 0.25) is 5.91 Å². The summed E-state index contributed by atoms with van der Waals surface area (Å²) in [5, 5.41) is 19.4. The van der Waals surface area contributed by atoms with E-state index < -0.39 is 23.8 Å². The van der Waals surface area contributed by atoms with E-state index in [1.54, 1.807) is 31.7 Å². The predicted molar refractivity (Wildman–Crippen MR) is 107 cm³/mol. The number of hydrogen-bond donors (Lipinski definition) is 1. The van der Waals surface area contributed by atoms with E-state index in [0.717, 1.165) is 5.69 Å². The van der Waals surface area contributed by atoms with Crippen molar-refractivity contribution in [2.75, 3.05) is 37.6 Å². The Labute approximate surface area is 171 Å². The Morgan fingerprint density at radius 3 is 2.45 bits per heavy atom. The quantitative estimate of drug-likeness (QED) is 0.810. The first-order valence-corrected chi connectivity index (χ1v) is 9.90.